The van der Waals surface area contributed by atoms with Crippen molar-refractivity contribution in [2.45, 2.75) is 31.5 Å². The molecule has 1 aliphatic heterocycles. The van der Waals surface area contributed by atoms with Gasteiger partial charge in [0.2, 0.25) is 0 Å². The predicted octanol–water partition coefficient (Wildman–Crippen LogP) is 1.50. The van der Waals surface area contributed by atoms with Gasteiger partial charge in [0.25, 0.3) is 0 Å². The topological polar surface area (TPSA) is 85.0 Å². The van der Waals surface area contributed by atoms with Crippen molar-refractivity contribution in [3.05, 3.63) is 42.1 Å². The zero-order valence-corrected chi connectivity index (χ0v) is 11.5. The van der Waals surface area contributed by atoms with Crippen LogP contribution in [0, 0.1) is 0 Å². The van der Waals surface area contributed by atoms with E-state index in [1.165, 1.54) is 0 Å². The molecule has 0 spiro atoms. The van der Waals surface area contributed by atoms with Gasteiger partial charge in [0.05, 0.1) is 0 Å². The molecule has 2 N–H and O–H groups in total. The molecule has 2 aromatic rings. The van der Waals surface area contributed by atoms with Crippen molar-refractivity contribution in [2.24, 2.45) is 0 Å². The molecule has 6 nitrogen and oxygen atoms in total. The summed E-state index contributed by atoms with van der Waals surface area (Å²) in [5, 5.41) is 23.9. The summed E-state index contributed by atoms with van der Waals surface area (Å²) in [6, 6.07) is 11.2. The smallest absolute Gasteiger partial charge is 0.186 e. The Morgan fingerprint density at radius 1 is 1.19 bits per heavy atom. The molecule has 1 aromatic heterocycles. The Hall–Kier alpha value is -1.73. The van der Waals surface area contributed by atoms with Crippen LogP contribution >= 0.6 is 0 Å². The van der Waals surface area contributed by atoms with Gasteiger partial charge in [0.15, 0.2) is 12.1 Å². The Bertz CT molecular complexity index is 585. The van der Waals surface area contributed by atoms with Crippen molar-refractivity contribution in [1.29, 1.82) is 0 Å². The average molecular weight is 291 g/mol. The van der Waals surface area contributed by atoms with E-state index in [1.54, 1.807) is 13.0 Å². The van der Waals surface area contributed by atoms with Crippen LogP contribution in [0.15, 0.2) is 40.9 Å². The van der Waals surface area contributed by atoms with Gasteiger partial charge in [-0.25, -0.2) is 0 Å². The quantitative estimate of drug-likeness (QED) is 0.888. The Labute approximate surface area is 121 Å². The fraction of sp³-hybridized carbons (Fsp3) is 0.400. The van der Waals surface area contributed by atoms with Gasteiger partial charge >= 0.3 is 0 Å². The molecule has 0 radical (unpaired) electrons. The first kappa shape index (κ1) is 14.2. The van der Waals surface area contributed by atoms with Crippen molar-refractivity contribution >= 4 is 0 Å². The molecule has 3 rings (SSSR count). The Morgan fingerprint density at radius 2 is 1.95 bits per heavy atom. The minimum Gasteiger partial charge on any atom is -0.387 e. The lowest BCUT2D eigenvalue weighted by Gasteiger charge is -2.13. The number of hydrogen-bond donors (Lipinski definition) is 2. The molecule has 0 aliphatic carbocycles. The minimum atomic E-state index is -1.10. The zero-order chi connectivity index (χ0) is 14.8. The molecule has 1 fully saturated rings. The van der Waals surface area contributed by atoms with Gasteiger partial charge in [-0.15, -0.1) is 0 Å². The monoisotopic (exact) mass is 291 g/mol. The largest absolute Gasteiger partial charge is 0.387 e. The lowest BCUT2D eigenvalue weighted by molar-refractivity contribution is -0.164. The van der Waals surface area contributed by atoms with Gasteiger partial charge in [-0.3, -0.25) is 0 Å². The molecule has 1 aromatic carbocycles. The van der Waals surface area contributed by atoms with E-state index in [2.05, 4.69) is 5.16 Å². The van der Waals surface area contributed by atoms with Crippen molar-refractivity contribution < 1.29 is 24.2 Å². The molecule has 1 saturated heterocycles. The number of rotatable bonds is 4. The van der Waals surface area contributed by atoms with E-state index in [9.17, 15) is 10.2 Å². The molecule has 112 valence electrons. The first-order valence-corrected chi connectivity index (χ1v) is 6.86. The van der Waals surface area contributed by atoms with Crippen LogP contribution in [0.25, 0.3) is 11.3 Å². The maximum atomic E-state index is 10.1. The number of nitrogens with zero attached hydrogens (tertiary/aromatic N) is 1. The molecule has 2 heterocycles. The van der Waals surface area contributed by atoms with Gasteiger partial charge in [-0.05, 0) is 6.92 Å². The number of aliphatic hydroxyl groups is 2. The van der Waals surface area contributed by atoms with Crippen LogP contribution in [-0.4, -0.2) is 40.5 Å². The summed E-state index contributed by atoms with van der Waals surface area (Å²) in [5.74, 6) is 0.579. The second kappa shape index (κ2) is 5.95. The van der Waals surface area contributed by atoms with Crippen molar-refractivity contribution in [3.8, 4) is 11.3 Å². The summed E-state index contributed by atoms with van der Waals surface area (Å²) in [6.07, 6.45) is -3.83. The molecule has 6 heteroatoms. The third-order valence-electron chi connectivity index (χ3n) is 3.43. The summed E-state index contributed by atoms with van der Waals surface area (Å²) in [4.78, 5) is 0. The molecular formula is C15H17NO5. The molecule has 4 atom stereocenters. The van der Waals surface area contributed by atoms with Gasteiger partial charge in [0, 0.05) is 18.2 Å². The summed E-state index contributed by atoms with van der Waals surface area (Å²) in [7, 11) is 0. The van der Waals surface area contributed by atoms with E-state index in [-0.39, 0.29) is 0 Å². The van der Waals surface area contributed by atoms with Crippen LogP contribution in [0.1, 0.15) is 18.7 Å². The lowest BCUT2D eigenvalue weighted by Crippen LogP contribution is -2.32. The first-order chi connectivity index (χ1) is 10.2. The molecule has 0 saturated carbocycles. The van der Waals surface area contributed by atoms with Gasteiger partial charge in [0.1, 0.15) is 24.0 Å². The van der Waals surface area contributed by atoms with Crippen LogP contribution in [0.4, 0.5) is 0 Å². The highest BCUT2D eigenvalue weighted by Gasteiger charge is 2.45. The average Bonchev–Trinajstić information content (AvgIpc) is 3.09. The number of hydrogen-bond acceptors (Lipinski definition) is 6. The fourth-order valence-corrected chi connectivity index (χ4v) is 2.35. The summed E-state index contributed by atoms with van der Waals surface area (Å²) >= 11 is 0. The van der Waals surface area contributed by atoms with Gasteiger partial charge in [-0.2, -0.15) is 0 Å². The highest BCUT2D eigenvalue weighted by Crippen LogP contribution is 2.35. The van der Waals surface area contributed by atoms with E-state index in [1.807, 2.05) is 30.3 Å². The Kier molecular flexibility index (Phi) is 4.03. The maximum absolute atomic E-state index is 10.1. The Balaban J connectivity index is 1.81. The van der Waals surface area contributed by atoms with E-state index >= 15 is 0 Å². The molecular weight excluding hydrogens is 274 g/mol. The second-order valence-corrected chi connectivity index (χ2v) is 4.84. The molecule has 0 amide bonds. The first-order valence-electron chi connectivity index (χ1n) is 6.86. The highest BCUT2D eigenvalue weighted by molar-refractivity contribution is 5.57. The highest BCUT2D eigenvalue weighted by atomic mass is 16.7. The predicted molar refractivity (Wildman–Crippen MR) is 73.2 cm³/mol. The van der Waals surface area contributed by atoms with Crippen LogP contribution in [0.2, 0.25) is 0 Å². The van der Waals surface area contributed by atoms with Crippen LogP contribution in [0.3, 0.4) is 0 Å². The van der Waals surface area contributed by atoms with E-state index in [4.69, 9.17) is 14.0 Å². The summed E-state index contributed by atoms with van der Waals surface area (Å²) in [6.45, 7) is 2.18. The van der Waals surface area contributed by atoms with Gasteiger partial charge in [-0.1, -0.05) is 35.5 Å². The number of aliphatic hydroxyl groups excluding tert-OH is 2. The van der Waals surface area contributed by atoms with E-state index in [0.717, 1.165) is 5.56 Å². The molecule has 1 unspecified atom stereocenters. The third kappa shape index (κ3) is 2.71. The van der Waals surface area contributed by atoms with Crippen LogP contribution in [0.5, 0.6) is 0 Å². The fourth-order valence-electron chi connectivity index (χ4n) is 2.35. The number of benzene rings is 1. The zero-order valence-electron chi connectivity index (χ0n) is 11.5. The van der Waals surface area contributed by atoms with Crippen molar-refractivity contribution in [2.75, 3.05) is 6.61 Å². The molecule has 21 heavy (non-hydrogen) atoms. The molecule has 0 bridgehead atoms. The lowest BCUT2D eigenvalue weighted by atomic mass is 10.1. The minimum absolute atomic E-state index is 0.384. The SMILES string of the molecule is CCOC1O[C@H](c2cc(-c3ccccc3)on2)[C@H](O)[C@H]1O. The number of aromatic nitrogens is 1. The number of ether oxygens (including phenoxy) is 2. The normalized spacial score (nSPS) is 28.9. The van der Waals surface area contributed by atoms with Crippen molar-refractivity contribution in [3.63, 3.8) is 0 Å². The summed E-state index contributed by atoms with van der Waals surface area (Å²) in [5.41, 5.74) is 1.31. The van der Waals surface area contributed by atoms with Gasteiger partial charge < -0.3 is 24.2 Å². The van der Waals surface area contributed by atoms with E-state index < -0.39 is 24.6 Å². The van der Waals surface area contributed by atoms with E-state index in [0.29, 0.717) is 18.1 Å². The van der Waals surface area contributed by atoms with Crippen molar-refractivity contribution in [1.82, 2.24) is 5.16 Å². The second-order valence-electron chi connectivity index (χ2n) is 4.84. The summed E-state index contributed by atoms with van der Waals surface area (Å²) < 4.78 is 16.0. The maximum Gasteiger partial charge on any atom is 0.186 e. The molecule has 1 aliphatic rings. The van der Waals surface area contributed by atoms with Crippen LogP contribution < -0.4 is 0 Å². The Morgan fingerprint density at radius 3 is 2.67 bits per heavy atom. The third-order valence-corrected chi connectivity index (χ3v) is 3.43. The standard InChI is InChI=1S/C15H17NO5/c1-2-19-15-13(18)12(17)14(20-15)10-8-11(21-16-10)9-6-4-3-5-7-9/h3-8,12-15,17-18H,2H2,1H3/t12-,13-,14-,15?/m1/s1. The van der Waals surface area contributed by atoms with Crippen LogP contribution in [-0.2, 0) is 9.47 Å².